The average Bonchev–Trinajstić information content (AvgIpc) is 2.99. The molecule has 1 atom stereocenters. The molecule has 2 N–H and O–H groups in total. The number of phenolic OH excluding ortho intramolecular Hbond substituents is 1. The van der Waals surface area contributed by atoms with Gasteiger partial charge in [0, 0.05) is 17.7 Å². The third kappa shape index (κ3) is 4.67. The molecule has 2 aromatic carbocycles. The number of H-pyrrole nitrogens is 1. The number of hydrogen-bond acceptors (Lipinski definition) is 3. The summed E-state index contributed by atoms with van der Waals surface area (Å²) >= 11 is 0. The molecule has 0 aliphatic rings. The van der Waals surface area contributed by atoms with Crippen LogP contribution in [0.4, 0.5) is 0 Å². The molecule has 1 unspecified atom stereocenters. The third-order valence-electron chi connectivity index (χ3n) is 5.55. The van der Waals surface area contributed by atoms with Crippen LogP contribution in [0, 0.1) is 6.92 Å². The highest BCUT2D eigenvalue weighted by Gasteiger charge is 2.16. The minimum absolute atomic E-state index is 0.0781. The average molecular weight is 392 g/mol. The molecule has 0 aliphatic carbocycles. The van der Waals surface area contributed by atoms with Gasteiger partial charge in [0.05, 0.1) is 0 Å². The molecule has 0 saturated heterocycles. The third-order valence-corrected chi connectivity index (χ3v) is 5.55. The van der Waals surface area contributed by atoms with Crippen LogP contribution >= 0.6 is 0 Å². The van der Waals surface area contributed by atoms with E-state index in [9.17, 15) is 14.7 Å². The minimum Gasteiger partial charge on any atom is -0.508 e. The maximum absolute atomic E-state index is 12.6. The summed E-state index contributed by atoms with van der Waals surface area (Å²) in [5, 5.41) is 14.4. The van der Waals surface area contributed by atoms with Gasteiger partial charge >= 0.3 is 0 Å². The molecule has 0 amide bonds. The van der Waals surface area contributed by atoms with E-state index in [1.165, 1.54) is 10.2 Å². The minimum atomic E-state index is -0.187. The summed E-state index contributed by atoms with van der Waals surface area (Å²) in [6.45, 7) is 7.65. The first-order chi connectivity index (χ1) is 13.9. The summed E-state index contributed by atoms with van der Waals surface area (Å²) in [5.41, 5.74) is 2.39. The van der Waals surface area contributed by atoms with E-state index in [-0.39, 0.29) is 17.2 Å². The van der Waals surface area contributed by atoms with E-state index < -0.39 is 0 Å². The summed E-state index contributed by atoms with van der Waals surface area (Å²) in [6.07, 6.45) is 5.10. The zero-order valence-electron chi connectivity index (χ0n) is 17.1. The highest BCUT2D eigenvalue weighted by Crippen LogP contribution is 2.27. The van der Waals surface area contributed by atoms with E-state index in [4.69, 9.17) is 0 Å². The fraction of sp³-hybridized carbons (Fsp3) is 0.333. The van der Waals surface area contributed by atoms with Gasteiger partial charge in [-0.25, -0.2) is 4.68 Å². The van der Waals surface area contributed by atoms with Crippen molar-refractivity contribution in [2.75, 3.05) is 0 Å². The van der Waals surface area contributed by atoms with Gasteiger partial charge in [0.15, 0.2) is 0 Å². The summed E-state index contributed by atoms with van der Waals surface area (Å²) < 4.78 is 1.40. The van der Waals surface area contributed by atoms with E-state index in [1.54, 1.807) is 18.2 Å². The van der Waals surface area contributed by atoms with Crippen LogP contribution in [-0.2, 0) is 6.42 Å². The van der Waals surface area contributed by atoms with E-state index in [0.29, 0.717) is 36.4 Å². The molecule has 0 aliphatic heterocycles. The monoisotopic (exact) mass is 392 g/mol. The van der Waals surface area contributed by atoms with Crippen molar-refractivity contribution in [3.63, 3.8) is 0 Å². The van der Waals surface area contributed by atoms with Crippen LogP contribution in [-0.4, -0.2) is 20.8 Å². The van der Waals surface area contributed by atoms with Crippen LogP contribution in [0.2, 0.25) is 0 Å². The molecule has 0 saturated carbocycles. The molecule has 5 heteroatoms. The zero-order chi connectivity index (χ0) is 21.0. The van der Waals surface area contributed by atoms with E-state index in [0.717, 1.165) is 23.6 Å². The highest BCUT2D eigenvalue weighted by molar-refractivity contribution is 5.84. The summed E-state index contributed by atoms with van der Waals surface area (Å²) in [6, 6.07) is 11.6. The standard InChI is InChI=1S/C24H28N2O3/c1-4-5-8-22-17(3)26(25-24(22)29)23(28)9-6-7-16(2)18-10-11-20-15-21(27)13-12-19(20)14-18/h4,10-16,27H,1,5-9H2,2-3H3,(H,25,29). The van der Waals surface area contributed by atoms with Crippen molar-refractivity contribution in [1.82, 2.24) is 9.78 Å². The number of nitrogens with one attached hydrogen (secondary N) is 1. The number of aromatic amines is 1. The lowest BCUT2D eigenvalue weighted by Crippen LogP contribution is -2.16. The molecule has 29 heavy (non-hydrogen) atoms. The van der Waals surface area contributed by atoms with Crippen LogP contribution < -0.4 is 5.56 Å². The van der Waals surface area contributed by atoms with Gasteiger partial charge in [-0.15, -0.1) is 6.58 Å². The lowest BCUT2D eigenvalue weighted by molar-refractivity contribution is 0.0879. The molecule has 0 fully saturated rings. The second kappa shape index (κ2) is 8.95. The first-order valence-electron chi connectivity index (χ1n) is 10.1. The van der Waals surface area contributed by atoms with Gasteiger partial charge in [0.25, 0.3) is 5.56 Å². The fourth-order valence-electron chi connectivity index (χ4n) is 3.74. The normalized spacial score (nSPS) is 12.2. The van der Waals surface area contributed by atoms with E-state index >= 15 is 0 Å². The van der Waals surface area contributed by atoms with Crippen LogP contribution in [0.25, 0.3) is 10.8 Å². The summed E-state index contributed by atoms with van der Waals surface area (Å²) in [7, 11) is 0. The number of hydrogen-bond donors (Lipinski definition) is 2. The Morgan fingerprint density at radius 1 is 1.24 bits per heavy atom. The Hall–Kier alpha value is -3.08. The van der Waals surface area contributed by atoms with Gasteiger partial charge in [-0.2, -0.15) is 0 Å². The number of benzene rings is 2. The Balaban J connectivity index is 1.61. The van der Waals surface area contributed by atoms with Crippen molar-refractivity contribution in [1.29, 1.82) is 0 Å². The SMILES string of the molecule is C=CCCc1c(C)n(C(=O)CCCC(C)c2ccc3cc(O)ccc3c2)[nH]c1=O. The molecule has 3 rings (SSSR count). The summed E-state index contributed by atoms with van der Waals surface area (Å²) in [4.78, 5) is 24.7. The highest BCUT2D eigenvalue weighted by atomic mass is 16.3. The van der Waals surface area contributed by atoms with Gasteiger partial charge in [-0.05, 0) is 67.0 Å². The molecule has 152 valence electrons. The Bertz CT molecular complexity index is 1090. The van der Waals surface area contributed by atoms with E-state index in [1.807, 2.05) is 19.1 Å². The Labute approximate surface area is 170 Å². The van der Waals surface area contributed by atoms with Gasteiger partial charge in [-0.3, -0.25) is 14.7 Å². The molecule has 0 radical (unpaired) electrons. The molecule has 3 aromatic rings. The first-order valence-corrected chi connectivity index (χ1v) is 10.1. The number of fused-ring (bicyclic) bond motifs is 1. The number of nitrogens with zero attached hydrogens (tertiary/aromatic N) is 1. The molecular weight excluding hydrogens is 364 g/mol. The lowest BCUT2D eigenvalue weighted by Gasteiger charge is -2.13. The van der Waals surface area contributed by atoms with Gasteiger partial charge in [0.2, 0.25) is 5.91 Å². The lowest BCUT2D eigenvalue weighted by atomic mass is 9.93. The topological polar surface area (TPSA) is 75.1 Å². The molecule has 0 bridgehead atoms. The number of aromatic hydroxyl groups is 1. The van der Waals surface area contributed by atoms with Crippen LogP contribution in [0.3, 0.4) is 0 Å². The second-order valence-corrected chi connectivity index (χ2v) is 7.65. The van der Waals surface area contributed by atoms with Crippen molar-refractivity contribution >= 4 is 16.7 Å². The van der Waals surface area contributed by atoms with Crippen LogP contribution in [0.5, 0.6) is 5.75 Å². The van der Waals surface area contributed by atoms with Gasteiger partial charge in [0.1, 0.15) is 5.75 Å². The maximum atomic E-state index is 12.6. The van der Waals surface area contributed by atoms with Crippen molar-refractivity contribution in [2.45, 2.75) is 51.9 Å². The number of carbonyl (C=O) groups is 1. The van der Waals surface area contributed by atoms with Gasteiger partial charge < -0.3 is 5.11 Å². The van der Waals surface area contributed by atoms with Crippen molar-refractivity contribution < 1.29 is 9.90 Å². The number of rotatable bonds is 8. The number of phenols is 1. The van der Waals surface area contributed by atoms with E-state index in [2.05, 4.69) is 30.7 Å². The quantitative estimate of drug-likeness (QED) is 0.525. The molecular formula is C24H28N2O3. The molecule has 5 nitrogen and oxygen atoms in total. The fourth-order valence-corrected chi connectivity index (χ4v) is 3.74. The maximum Gasteiger partial charge on any atom is 0.267 e. The number of carbonyl (C=O) groups excluding carboxylic acids is 1. The Morgan fingerprint density at radius 2 is 1.97 bits per heavy atom. The van der Waals surface area contributed by atoms with Gasteiger partial charge in [-0.1, -0.05) is 37.3 Å². The van der Waals surface area contributed by atoms with Crippen LogP contribution in [0.15, 0.2) is 53.8 Å². The Morgan fingerprint density at radius 3 is 2.72 bits per heavy atom. The van der Waals surface area contributed by atoms with Crippen molar-refractivity contribution in [3.05, 3.63) is 76.2 Å². The molecule has 0 spiro atoms. The molecule has 1 aromatic heterocycles. The first kappa shape index (κ1) is 20.6. The smallest absolute Gasteiger partial charge is 0.267 e. The van der Waals surface area contributed by atoms with Crippen LogP contribution in [0.1, 0.15) is 60.1 Å². The number of allylic oxidation sites excluding steroid dienone is 1. The number of aromatic nitrogens is 2. The second-order valence-electron chi connectivity index (χ2n) is 7.65. The summed E-state index contributed by atoms with van der Waals surface area (Å²) in [5.74, 6) is 0.502. The van der Waals surface area contributed by atoms with Crippen molar-refractivity contribution in [2.24, 2.45) is 0 Å². The zero-order valence-corrected chi connectivity index (χ0v) is 17.1. The largest absolute Gasteiger partial charge is 0.508 e. The van der Waals surface area contributed by atoms with Crippen molar-refractivity contribution in [3.8, 4) is 5.75 Å². The molecule has 1 heterocycles. The predicted octanol–water partition coefficient (Wildman–Crippen LogP) is 5.08. The predicted molar refractivity (Wildman–Crippen MR) is 117 cm³/mol. The Kier molecular flexibility index (Phi) is 6.37.